The van der Waals surface area contributed by atoms with Gasteiger partial charge in [0, 0.05) is 9.92 Å². The SMILES string of the molecule is Cl.Clc1ccc(SCCCN2CCCCCC2)cc1. The summed E-state index contributed by atoms with van der Waals surface area (Å²) in [6.45, 7) is 3.89. The molecule has 0 saturated carbocycles. The van der Waals surface area contributed by atoms with Crippen molar-refractivity contribution in [1.82, 2.24) is 4.90 Å². The van der Waals surface area contributed by atoms with Crippen LogP contribution in [0.1, 0.15) is 32.1 Å². The summed E-state index contributed by atoms with van der Waals surface area (Å²) in [6, 6.07) is 8.16. The molecule has 0 atom stereocenters. The van der Waals surface area contributed by atoms with Crippen molar-refractivity contribution in [2.75, 3.05) is 25.4 Å². The second-order valence-corrected chi connectivity index (χ2v) is 6.52. The van der Waals surface area contributed by atoms with Gasteiger partial charge in [0.2, 0.25) is 0 Å². The van der Waals surface area contributed by atoms with E-state index in [9.17, 15) is 0 Å². The minimum atomic E-state index is 0. The van der Waals surface area contributed by atoms with Crippen molar-refractivity contribution in [1.29, 1.82) is 0 Å². The third-order valence-electron chi connectivity index (χ3n) is 3.40. The van der Waals surface area contributed by atoms with E-state index in [-0.39, 0.29) is 12.4 Å². The highest BCUT2D eigenvalue weighted by molar-refractivity contribution is 7.99. The molecule has 0 amide bonds. The summed E-state index contributed by atoms with van der Waals surface area (Å²) >= 11 is 7.81. The van der Waals surface area contributed by atoms with Crippen molar-refractivity contribution in [3.8, 4) is 0 Å². The molecular formula is C15H23Cl2NS. The molecular weight excluding hydrogens is 297 g/mol. The molecule has 1 saturated heterocycles. The van der Waals surface area contributed by atoms with Gasteiger partial charge in [0.15, 0.2) is 0 Å². The Hall–Kier alpha value is 0.110. The van der Waals surface area contributed by atoms with Crippen LogP contribution in [0.2, 0.25) is 5.02 Å². The van der Waals surface area contributed by atoms with Gasteiger partial charge in [0.05, 0.1) is 0 Å². The summed E-state index contributed by atoms with van der Waals surface area (Å²) in [4.78, 5) is 3.96. The molecule has 0 spiro atoms. The van der Waals surface area contributed by atoms with E-state index < -0.39 is 0 Å². The molecule has 0 aromatic heterocycles. The molecule has 1 nitrogen and oxygen atoms in total. The predicted molar refractivity (Wildman–Crippen MR) is 88.9 cm³/mol. The van der Waals surface area contributed by atoms with Gasteiger partial charge in [-0.05, 0) is 68.9 Å². The smallest absolute Gasteiger partial charge is 0.0406 e. The van der Waals surface area contributed by atoms with E-state index >= 15 is 0 Å². The molecule has 0 unspecified atom stereocenters. The predicted octanol–water partition coefficient (Wildman–Crippen LogP) is 5.12. The minimum absolute atomic E-state index is 0. The van der Waals surface area contributed by atoms with Crippen LogP contribution >= 0.6 is 35.8 Å². The van der Waals surface area contributed by atoms with Gasteiger partial charge in [0.1, 0.15) is 0 Å². The van der Waals surface area contributed by atoms with Gasteiger partial charge < -0.3 is 4.90 Å². The van der Waals surface area contributed by atoms with Crippen LogP contribution in [0.4, 0.5) is 0 Å². The highest BCUT2D eigenvalue weighted by Gasteiger charge is 2.07. The summed E-state index contributed by atoms with van der Waals surface area (Å²) in [7, 11) is 0. The lowest BCUT2D eigenvalue weighted by atomic mass is 10.2. The number of rotatable bonds is 5. The molecule has 1 fully saturated rings. The summed E-state index contributed by atoms with van der Waals surface area (Å²) < 4.78 is 0. The first-order valence-corrected chi connectivity index (χ1v) is 8.32. The number of likely N-dealkylation sites (tertiary alicyclic amines) is 1. The van der Waals surface area contributed by atoms with Gasteiger partial charge in [-0.2, -0.15) is 0 Å². The van der Waals surface area contributed by atoms with Gasteiger partial charge in [0.25, 0.3) is 0 Å². The van der Waals surface area contributed by atoms with Gasteiger partial charge in [-0.15, -0.1) is 24.2 Å². The van der Waals surface area contributed by atoms with E-state index in [1.807, 2.05) is 23.9 Å². The van der Waals surface area contributed by atoms with Crippen LogP contribution in [-0.2, 0) is 0 Å². The molecule has 1 aromatic carbocycles. The van der Waals surface area contributed by atoms with Crippen molar-refractivity contribution in [2.45, 2.75) is 37.0 Å². The van der Waals surface area contributed by atoms with Crippen molar-refractivity contribution >= 4 is 35.8 Å². The second kappa shape index (κ2) is 9.93. The Bertz CT molecular complexity index is 335. The Morgan fingerprint density at radius 2 is 1.63 bits per heavy atom. The highest BCUT2D eigenvalue weighted by Crippen LogP contribution is 2.21. The van der Waals surface area contributed by atoms with Gasteiger partial charge in [-0.25, -0.2) is 0 Å². The fraction of sp³-hybridized carbons (Fsp3) is 0.600. The zero-order valence-electron chi connectivity index (χ0n) is 11.3. The van der Waals surface area contributed by atoms with Crippen molar-refractivity contribution in [3.63, 3.8) is 0 Å². The topological polar surface area (TPSA) is 3.24 Å². The van der Waals surface area contributed by atoms with Crippen LogP contribution in [0.25, 0.3) is 0 Å². The zero-order chi connectivity index (χ0) is 12.6. The largest absolute Gasteiger partial charge is 0.303 e. The molecule has 0 aliphatic carbocycles. The molecule has 1 aliphatic heterocycles. The number of benzene rings is 1. The fourth-order valence-corrected chi connectivity index (χ4v) is 3.33. The molecule has 0 radical (unpaired) electrons. The van der Waals surface area contributed by atoms with Crippen LogP contribution in [0.15, 0.2) is 29.2 Å². The summed E-state index contributed by atoms with van der Waals surface area (Å²) in [5.41, 5.74) is 0. The maximum absolute atomic E-state index is 5.87. The first-order chi connectivity index (χ1) is 8.84. The third-order valence-corrected chi connectivity index (χ3v) is 4.75. The normalized spacial score (nSPS) is 16.7. The fourth-order valence-electron chi connectivity index (χ4n) is 2.37. The van der Waals surface area contributed by atoms with Crippen LogP contribution in [0.3, 0.4) is 0 Å². The average molecular weight is 320 g/mol. The molecule has 1 aromatic rings. The summed E-state index contributed by atoms with van der Waals surface area (Å²) in [6.07, 6.45) is 6.92. The number of hydrogen-bond donors (Lipinski definition) is 0. The lowest BCUT2D eigenvalue weighted by molar-refractivity contribution is 0.286. The van der Waals surface area contributed by atoms with Gasteiger partial charge in [-0.1, -0.05) is 24.4 Å². The maximum Gasteiger partial charge on any atom is 0.0406 e. The van der Waals surface area contributed by atoms with Crippen LogP contribution in [0, 0.1) is 0 Å². The molecule has 0 bridgehead atoms. The first-order valence-electron chi connectivity index (χ1n) is 6.95. The lowest BCUT2D eigenvalue weighted by Crippen LogP contribution is -2.26. The van der Waals surface area contributed by atoms with E-state index in [0.29, 0.717) is 0 Å². The Kier molecular flexibility index (Phi) is 8.97. The molecule has 19 heavy (non-hydrogen) atoms. The van der Waals surface area contributed by atoms with Crippen molar-refractivity contribution in [3.05, 3.63) is 29.3 Å². The Morgan fingerprint density at radius 3 is 2.26 bits per heavy atom. The minimum Gasteiger partial charge on any atom is -0.303 e. The monoisotopic (exact) mass is 319 g/mol. The number of halogens is 2. The molecule has 108 valence electrons. The second-order valence-electron chi connectivity index (χ2n) is 4.91. The quantitative estimate of drug-likeness (QED) is 0.547. The molecule has 1 heterocycles. The van der Waals surface area contributed by atoms with E-state index in [1.54, 1.807) is 0 Å². The maximum atomic E-state index is 5.87. The standard InChI is InChI=1S/C15H22ClNS.ClH/c16-14-6-8-15(9-7-14)18-13-5-12-17-10-3-1-2-4-11-17;/h6-9H,1-5,10-13H2;1H. The van der Waals surface area contributed by atoms with Crippen molar-refractivity contribution < 1.29 is 0 Å². The first kappa shape index (κ1) is 17.2. The Balaban J connectivity index is 0.00000180. The van der Waals surface area contributed by atoms with E-state index in [4.69, 9.17) is 11.6 Å². The zero-order valence-corrected chi connectivity index (χ0v) is 13.7. The van der Waals surface area contributed by atoms with Crippen molar-refractivity contribution in [2.24, 2.45) is 0 Å². The summed E-state index contributed by atoms with van der Waals surface area (Å²) in [5.74, 6) is 1.21. The Morgan fingerprint density at radius 1 is 1.00 bits per heavy atom. The van der Waals surface area contributed by atoms with Crippen LogP contribution in [-0.4, -0.2) is 30.3 Å². The van der Waals surface area contributed by atoms with Crippen LogP contribution in [0.5, 0.6) is 0 Å². The average Bonchev–Trinajstić information content (AvgIpc) is 2.65. The number of hydrogen-bond acceptors (Lipinski definition) is 2. The highest BCUT2D eigenvalue weighted by atomic mass is 35.5. The molecule has 2 rings (SSSR count). The lowest BCUT2D eigenvalue weighted by Gasteiger charge is -2.19. The van der Waals surface area contributed by atoms with Crippen LogP contribution < -0.4 is 0 Å². The molecule has 0 N–H and O–H groups in total. The third kappa shape index (κ3) is 6.89. The summed E-state index contributed by atoms with van der Waals surface area (Å²) in [5, 5.41) is 0.823. The van der Waals surface area contributed by atoms with Gasteiger partial charge >= 0.3 is 0 Å². The van der Waals surface area contributed by atoms with Gasteiger partial charge in [-0.3, -0.25) is 0 Å². The number of nitrogens with zero attached hydrogens (tertiary/aromatic N) is 1. The molecule has 4 heteroatoms. The van der Waals surface area contributed by atoms with E-state index in [0.717, 1.165) is 5.02 Å². The number of thioether (sulfide) groups is 1. The van der Waals surface area contributed by atoms with E-state index in [2.05, 4.69) is 17.0 Å². The molecule has 1 aliphatic rings. The van der Waals surface area contributed by atoms with E-state index in [1.165, 1.54) is 62.4 Å². The Labute approximate surface area is 132 Å².